The van der Waals surface area contributed by atoms with Crippen molar-refractivity contribution in [3.05, 3.63) is 60.2 Å². The highest BCUT2D eigenvalue weighted by atomic mass is 33.1. The third kappa shape index (κ3) is 19.9. The van der Waals surface area contributed by atoms with Crippen LogP contribution in [0, 0.1) is 11.8 Å². The summed E-state index contributed by atoms with van der Waals surface area (Å²) in [6, 6.07) is 4.87. The van der Waals surface area contributed by atoms with Crippen molar-refractivity contribution in [2.24, 2.45) is 45.0 Å². The smallest absolute Gasteiger partial charge is 0.246 e. The lowest BCUT2D eigenvalue weighted by atomic mass is 9.96. The Balaban J connectivity index is 1.69. The molecule has 0 aliphatic carbocycles. The van der Waals surface area contributed by atoms with Crippen LogP contribution in [-0.2, 0) is 59.2 Å². The molecule has 0 spiro atoms. The summed E-state index contributed by atoms with van der Waals surface area (Å²) >= 11 is 0. The minimum absolute atomic E-state index is 0.0491. The Morgan fingerprint density at radius 2 is 1.33 bits per heavy atom. The van der Waals surface area contributed by atoms with Gasteiger partial charge in [-0.3, -0.25) is 52.7 Å². The maximum absolute atomic E-state index is 14.6. The van der Waals surface area contributed by atoms with Crippen LogP contribution in [0.3, 0.4) is 0 Å². The van der Waals surface area contributed by atoms with Crippen molar-refractivity contribution in [2.45, 2.75) is 127 Å². The van der Waals surface area contributed by atoms with Crippen LogP contribution in [0.5, 0.6) is 0 Å². The molecule has 0 aromatic heterocycles. The normalized spacial score (nSPS) is 23.2. The number of nitrogens with one attached hydrogen (secondary N) is 7. The minimum Gasteiger partial charge on any atom is -0.370 e. The van der Waals surface area contributed by atoms with Crippen molar-refractivity contribution in [1.82, 2.24) is 42.1 Å². The molecule has 2 aliphatic heterocycles. The van der Waals surface area contributed by atoms with Gasteiger partial charge < -0.3 is 65.1 Å². The van der Waals surface area contributed by atoms with Crippen LogP contribution in [0.2, 0.25) is 0 Å². The third-order valence-corrected chi connectivity index (χ3v) is 14.8. The van der Waals surface area contributed by atoms with Crippen LogP contribution in [-0.4, -0.2) is 143 Å². The maximum atomic E-state index is 14.6. The van der Waals surface area contributed by atoms with Gasteiger partial charge in [0.25, 0.3) is 0 Å². The van der Waals surface area contributed by atoms with Gasteiger partial charge in [0.2, 0.25) is 65.0 Å². The summed E-state index contributed by atoms with van der Waals surface area (Å²) in [4.78, 5) is 149. The number of carbonyl (C=O) groups excluding carboxylic acids is 11. The second-order valence-electron chi connectivity index (χ2n) is 18.9. The quantitative estimate of drug-likeness (QED) is 0.0601. The van der Waals surface area contributed by atoms with Gasteiger partial charge in [-0.25, -0.2) is 0 Å². The molecule has 9 atom stereocenters. The van der Waals surface area contributed by atoms with Crippen LogP contribution in [0.4, 0.5) is 11.4 Å². The molecule has 2 fully saturated rings. The van der Waals surface area contributed by atoms with Crippen molar-refractivity contribution < 1.29 is 52.7 Å². The minimum atomic E-state index is -1.76. The number of azo groups is 1. The second-order valence-corrected chi connectivity index (χ2v) is 21.5. The van der Waals surface area contributed by atoms with Gasteiger partial charge >= 0.3 is 0 Å². The summed E-state index contributed by atoms with van der Waals surface area (Å²) in [6.45, 7) is 6.64. The summed E-state index contributed by atoms with van der Waals surface area (Å²) in [7, 11) is 2.07. The lowest BCUT2D eigenvalue weighted by molar-refractivity contribution is -0.142. The number of hydrogen-bond acceptors (Lipinski definition) is 16. The average Bonchev–Trinajstić information content (AvgIpc) is 3.88. The van der Waals surface area contributed by atoms with E-state index < -0.39 is 145 Å². The summed E-state index contributed by atoms with van der Waals surface area (Å²) in [6.07, 6.45) is -0.672. The van der Waals surface area contributed by atoms with Crippen LogP contribution in [0.25, 0.3) is 0 Å². The summed E-state index contributed by atoms with van der Waals surface area (Å²) < 4.78 is 0. The Hall–Kier alpha value is -7.13. The molecule has 76 heavy (non-hydrogen) atoms. The van der Waals surface area contributed by atoms with E-state index in [0.717, 1.165) is 21.6 Å². The van der Waals surface area contributed by atoms with E-state index in [1.54, 1.807) is 50.2 Å². The van der Waals surface area contributed by atoms with Crippen LogP contribution < -0.4 is 60.2 Å². The lowest BCUT2D eigenvalue weighted by Gasteiger charge is -2.31. The fourth-order valence-corrected chi connectivity index (χ4v) is 10.3. The predicted molar refractivity (Wildman–Crippen MR) is 283 cm³/mol. The lowest BCUT2D eigenvalue weighted by Crippen LogP contribution is -2.61. The molecule has 2 saturated heterocycles. The van der Waals surface area contributed by atoms with Gasteiger partial charge in [0, 0.05) is 30.9 Å². The van der Waals surface area contributed by atoms with Gasteiger partial charge in [-0.05, 0) is 67.3 Å². The highest BCUT2D eigenvalue weighted by Gasteiger charge is 2.41. The molecule has 0 bridgehead atoms. The molecule has 2 aliphatic rings. The zero-order chi connectivity index (χ0) is 56.1. The van der Waals surface area contributed by atoms with Crippen LogP contribution in [0.15, 0.2) is 64.8 Å². The molecule has 2 aromatic rings. The molecule has 11 amide bonds. The second kappa shape index (κ2) is 30.4. The fraction of sp³-hybridized carbons (Fsp3) is 0.531. The zero-order valence-electron chi connectivity index (χ0n) is 42.9. The van der Waals surface area contributed by atoms with Gasteiger partial charge in [0.15, 0.2) is 0 Å². The largest absolute Gasteiger partial charge is 0.370 e. The van der Waals surface area contributed by atoms with Gasteiger partial charge in [-0.2, -0.15) is 10.2 Å². The number of rotatable bonds is 19. The highest BCUT2D eigenvalue weighted by Crippen LogP contribution is 2.26. The van der Waals surface area contributed by atoms with E-state index in [9.17, 15) is 52.7 Å². The van der Waals surface area contributed by atoms with Gasteiger partial charge in [0.1, 0.15) is 42.3 Å². The number of carbonyl (C=O) groups is 11. The van der Waals surface area contributed by atoms with E-state index in [0.29, 0.717) is 29.8 Å². The van der Waals surface area contributed by atoms with Crippen molar-refractivity contribution >= 4 is 97.9 Å². The molecule has 2 aromatic carbocycles. The SMILES string of the molecule is CC[C@H](C)[C@@H]1NC(=O)[C@H](Cc2ccc(N=Nc3ccccc3)cc2)NC(=O)[C@@H](N)CSSC[C@@H](C(=O)N2CCC[C@H]2C(=O)N[C@@H](CC(C)C)C(=O)NCC(N)=O)NC(=O)[C@H](CC(N)=O)NC(=O)[C@H](CCC(N)=O)NC1=O. The van der Waals surface area contributed by atoms with E-state index in [1.807, 2.05) is 32.0 Å². The summed E-state index contributed by atoms with van der Waals surface area (Å²) in [5, 5.41) is 26.5. The molecule has 0 radical (unpaired) electrons. The standard InChI is InChI=1S/C49H70N14O11S2/c1-5-27(4)41-48(73)55-32(17-18-38(51)64)44(69)57-35(22-39(52)65)45(70)59-36(49(74)63-19-9-12-37(63)47(72)58-33(20-26(2)3)43(68)54-23-40(53)66)25-76-75-24-31(50)42(67)56-34(46(71)60-41)21-28-13-15-30(16-14-28)62-61-29-10-7-6-8-11-29/h6-8,10-11,13-16,26-27,31-37,41H,5,9,12,17-25,50H2,1-4H3,(H2,51,64)(H2,52,65)(H2,53,66)(H,54,68)(H,55,73)(H,56,67)(H,57,69)(H,58,72)(H,59,70)(H,60,71)/t27-,31-,32-,33-,34-,35-,36-,37-,41-/m0/s1. The first-order valence-electron chi connectivity index (χ1n) is 24.9. The summed E-state index contributed by atoms with van der Waals surface area (Å²) in [5.41, 5.74) is 24.3. The Morgan fingerprint density at radius 3 is 1.95 bits per heavy atom. The molecule has 0 saturated carbocycles. The van der Waals surface area contributed by atoms with E-state index in [4.69, 9.17) is 22.9 Å². The molecular formula is C49H70N14O11S2. The Bertz CT molecular complexity index is 2430. The predicted octanol–water partition coefficient (Wildman–Crippen LogP) is -0.899. The number of likely N-dealkylation sites (tertiary alicyclic amines) is 1. The Morgan fingerprint density at radius 1 is 0.724 bits per heavy atom. The number of benzene rings is 2. The first-order valence-corrected chi connectivity index (χ1v) is 27.4. The Kier molecular flexibility index (Phi) is 24.6. The number of primary amides is 3. The molecule has 27 heteroatoms. The molecule has 4 rings (SSSR count). The van der Waals surface area contributed by atoms with Crippen LogP contribution in [0.1, 0.15) is 78.2 Å². The molecule has 15 N–H and O–H groups in total. The van der Waals surface area contributed by atoms with Crippen molar-refractivity contribution in [1.29, 1.82) is 0 Å². The molecule has 414 valence electrons. The van der Waals surface area contributed by atoms with E-state index >= 15 is 0 Å². The number of hydrogen-bond donors (Lipinski definition) is 11. The first kappa shape index (κ1) is 61.4. The van der Waals surface area contributed by atoms with E-state index in [1.165, 1.54) is 4.90 Å². The van der Waals surface area contributed by atoms with E-state index in [-0.39, 0.29) is 43.2 Å². The zero-order valence-corrected chi connectivity index (χ0v) is 44.5. The highest BCUT2D eigenvalue weighted by molar-refractivity contribution is 8.76. The van der Waals surface area contributed by atoms with Gasteiger partial charge in [-0.15, -0.1) is 0 Å². The summed E-state index contributed by atoms with van der Waals surface area (Å²) in [5.74, 6) is -10.3. The van der Waals surface area contributed by atoms with Crippen molar-refractivity contribution in [2.75, 3.05) is 24.6 Å². The fourth-order valence-electron chi connectivity index (χ4n) is 8.02. The van der Waals surface area contributed by atoms with Gasteiger partial charge in [-0.1, -0.05) is 86.0 Å². The monoisotopic (exact) mass is 1090 g/mol. The molecule has 25 nitrogen and oxygen atoms in total. The van der Waals surface area contributed by atoms with Crippen LogP contribution >= 0.6 is 21.6 Å². The number of nitrogens with two attached hydrogens (primary N) is 4. The maximum Gasteiger partial charge on any atom is 0.246 e. The molecule has 0 unspecified atom stereocenters. The first-order chi connectivity index (χ1) is 36.1. The van der Waals surface area contributed by atoms with E-state index in [2.05, 4.69) is 47.4 Å². The average molecular weight is 1100 g/mol. The number of amides is 11. The molecular weight excluding hydrogens is 1020 g/mol. The topological polar surface area (TPSA) is 404 Å². The Labute approximate surface area is 448 Å². The molecule has 2 heterocycles. The third-order valence-electron chi connectivity index (χ3n) is 12.3. The van der Waals surface area contributed by atoms with Crippen molar-refractivity contribution in [3.63, 3.8) is 0 Å². The van der Waals surface area contributed by atoms with Crippen molar-refractivity contribution in [3.8, 4) is 0 Å². The number of nitrogens with zero attached hydrogens (tertiary/aromatic N) is 3. The van der Waals surface area contributed by atoms with Gasteiger partial charge in [0.05, 0.1) is 30.4 Å².